The standard InChI is InChI=1S/C20H17F4N5O2/c1-12(21)18(30)29-9-16(28-19-26-7-14(6-25)8-27-19)17(10-29)31-11-13-2-4-15(5-3-13)20(22,23)24/h2-5,7-8,16-17H,1,9-11H2,(H,26,27,28)/t16-,17-/m1/s1. The Bertz CT molecular complexity index is 987. The number of nitrogens with zero attached hydrogens (tertiary/aromatic N) is 4. The topological polar surface area (TPSA) is 91.1 Å². The zero-order valence-electron chi connectivity index (χ0n) is 16.1. The number of carbonyl (C=O) groups excluding carboxylic acids is 1. The van der Waals surface area contributed by atoms with Crippen molar-refractivity contribution < 1.29 is 27.1 Å². The highest BCUT2D eigenvalue weighted by atomic mass is 19.4. The summed E-state index contributed by atoms with van der Waals surface area (Å²) >= 11 is 0. The van der Waals surface area contributed by atoms with E-state index in [2.05, 4.69) is 21.9 Å². The Balaban J connectivity index is 1.70. The summed E-state index contributed by atoms with van der Waals surface area (Å²) in [5, 5.41) is 11.8. The summed E-state index contributed by atoms with van der Waals surface area (Å²) in [5.41, 5.74) is -0.00786. The van der Waals surface area contributed by atoms with Gasteiger partial charge in [-0.15, -0.1) is 0 Å². The second-order valence-corrected chi connectivity index (χ2v) is 6.82. The second-order valence-electron chi connectivity index (χ2n) is 6.82. The zero-order chi connectivity index (χ0) is 22.6. The van der Waals surface area contributed by atoms with Crippen LogP contribution in [0.5, 0.6) is 0 Å². The number of likely N-dealkylation sites (tertiary alicyclic amines) is 1. The Morgan fingerprint density at radius 1 is 1.26 bits per heavy atom. The summed E-state index contributed by atoms with van der Waals surface area (Å²) in [5.74, 6) is -1.81. The molecule has 0 unspecified atom stereocenters. The number of ether oxygens (including phenoxy) is 1. The third kappa shape index (κ3) is 5.55. The second kappa shape index (κ2) is 9.09. The number of alkyl halides is 3. The molecule has 162 valence electrons. The third-order valence-electron chi connectivity index (χ3n) is 4.63. The Hall–Kier alpha value is -3.52. The van der Waals surface area contributed by atoms with Crippen molar-refractivity contribution >= 4 is 11.9 Å². The molecule has 1 aromatic heterocycles. The minimum Gasteiger partial charge on any atom is -0.369 e. The van der Waals surface area contributed by atoms with Crippen LogP contribution in [0.4, 0.5) is 23.5 Å². The van der Waals surface area contributed by atoms with Gasteiger partial charge >= 0.3 is 6.18 Å². The van der Waals surface area contributed by atoms with Crippen LogP contribution < -0.4 is 5.32 Å². The molecule has 1 fully saturated rings. The maximum absolute atomic E-state index is 13.3. The summed E-state index contributed by atoms with van der Waals surface area (Å²) in [4.78, 5) is 21.2. The molecule has 1 amide bonds. The molecule has 0 radical (unpaired) electrons. The van der Waals surface area contributed by atoms with Gasteiger partial charge in [-0.1, -0.05) is 18.7 Å². The van der Waals surface area contributed by atoms with Gasteiger partial charge in [-0.3, -0.25) is 4.79 Å². The van der Waals surface area contributed by atoms with Crippen molar-refractivity contribution in [2.75, 3.05) is 18.4 Å². The molecule has 1 aliphatic heterocycles. The van der Waals surface area contributed by atoms with E-state index < -0.39 is 35.6 Å². The lowest BCUT2D eigenvalue weighted by atomic mass is 10.1. The molecular formula is C20H17F4N5O2. The number of halogens is 4. The number of aromatic nitrogens is 2. The van der Waals surface area contributed by atoms with Gasteiger partial charge in [0.2, 0.25) is 5.95 Å². The molecule has 1 aliphatic rings. The van der Waals surface area contributed by atoms with Gasteiger partial charge in [-0.05, 0) is 17.7 Å². The molecule has 2 aromatic rings. The Morgan fingerprint density at radius 3 is 2.45 bits per heavy atom. The predicted molar refractivity (Wildman–Crippen MR) is 101 cm³/mol. The predicted octanol–water partition coefficient (Wildman–Crippen LogP) is 3.06. The first kappa shape index (κ1) is 22.2. The number of nitrogens with one attached hydrogen (secondary N) is 1. The number of anilines is 1. The van der Waals surface area contributed by atoms with Gasteiger partial charge in [0.1, 0.15) is 6.07 Å². The van der Waals surface area contributed by atoms with Gasteiger partial charge < -0.3 is 15.0 Å². The molecule has 1 aromatic carbocycles. The largest absolute Gasteiger partial charge is 0.416 e. The monoisotopic (exact) mass is 435 g/mol. The Labute approximate surface area is 175 Å². The van der Waals surface area contributed by atoms with E-state index in [1.54, 1.807) is 0 Å². The molecule has 7 nitrogen and oxygen atoms in total. The summed E-state index contributed by atoms with van der Waals surface area (Å²) in [6, 6.07) is 5.88. The molecule has 0 spiro atoms. The zero-order valence-corrected chi connectivity index (χ0v) is 16.1. The molecule has 0 aliphatic carbocycles. The van der Waals surface area contributed by atoms with E-state index in [9.17, 15) is 22.4 Å². The molecule has 1 N–H and O–H groups in total. The van der Waals surface area contributed by atoms with Crippen LogP contribution in [0.3, 0.4) is 0 Å². The van der Waals surface area contributed by atoms with Crippen LogP contribution in [0.1, 0.15) is 16.7 Å². The highest BCUT2D eigenvalue weighted by Gasteiger charge is 2.37. The van der Waals surface area contributed by atoms with Crippen molar-refractivity contribution in [2.45, 2.75) is 24.9 Å². The normalized spacial score (nSPS) is 18.5. The molecule has 11 heteroatoms. The molecule has 31 heavy (non-hydrogen) atoms. The first-order valence-corrected chi connectivity index (χ1v) is 9.07. The number of rotatable bonds is 6. The van der Waals surface area contributed by atoms with E-state index in [1.165, 1.54) is 29.4 Å². The number of amides is 1. The first-order valence-electron chi connectivity index (χ1n) is 9.07. The lowest BCUT2D eigenvalue weighted by Gasteiger charge is -2.20. The number of hydrogen-bond acceptors (Lipinski definition) is 6. The van der Waals surface area contributed by atoms with E-state index in [-0.39, 0.29) is 31.2 Å². The van der Waals surface area contributed by atoms with Crippen molar-refractivity contribution in [2.24, 2.45) is 0 Å². The van der Waals surface area contributed by atoms with Crippen molar-refractivity contribution in [1.29, 1.82) is 5.26 Å². The average Bonchev–Trinajstić information content (AvgIpc) is 3.14. The summed E-state index contributed by atoms with van der Waals surface area (Å²) in [7, 11) is 0. The molecule has 1 saturated heterocycles. The fourth-order valence-electron chi connectivity index (χ4n) is 3.04. The highest BCUT2D eigenvalue weighted by molar-refractivity contribution is 5.90. The number of carbonyl (C=O) groups is 1. The van der Waals surface area contributed by atoms with Gasteiger partial charge in [0.25, 0.3) is 5.91 Å². The SMILES string of the molecule is C=C(F)C(=O)N1C[C@@H](Nc2ncc(C#N)cn2)[C@H](OCc2ccc(C(F)(F)F)cc2)C1. The number of benzene rings is 1. The average molecular weight is 435 g/mol. The van der Waals surface area contributed by atoms with Crippen molar-refractivity contribution in [3.63, 3.8) is 0 Å². The van der Waals surface area contributed by atoms with E-state index in [4.69, 9.17) is 10.00 Å². The molecule has 2 atom stereocenters. The summed E-state index contributed by atoms with van der Waals surface area (Å²) in [6.07, 6.45) is -2.43. The number of hydrogen-bond donors (Lipinski definition) is 1. The smallest absolute Gasteiger partial charge is 0.369 e. The number of nitriles is 1. The van der Waals surface area contributed by atoms with Crippen molar-refractivity contribution in [3.05, 3.63) is 65.8 Å². The van der Waals surface area contributed by atoms with E-state index in [0.29, 0.717) is 5.56 Å². The van der Waals surface area contributed by atoms with E-state index >= 15 is 0 Å². The van der Waals surface area contributed by atoms with Crippen LogP contribution in [-0.4, -0.2) is 46.0 Å². The van der Waals surface area contributed by atoms with Crippen LogP contribution in [0.25, 0.3) is 0 Å². The fourth-order valence-corrected chi connectivity index (χ4v) is 3.04. The fraction of sp³-hybridized carbons (Fsp3) is 0.300. The van der Waals surface area contributed by atoms with E-state index in [0.717, 1.165) is 12.1 Å². The van der Waals surface area contributed by atoms with Gasteiger partial charge in [0.05, 0.1) is 42.3 Å². The Kier molecular flexibility index (Phi) is 6.50. The van der Waals surface area contributed by atoms with Crippen molar-refractivity contribution in [1.82, 2.24) is 14.9 Å². The minimum absolute atomic E-state index is 0.0200. The third-order valence-corrected chi connectivity index (χ3v) is 4.63. The highest BCUT2D eigenvalue weighted by Crippen LogP contribution is 2.29. The van der Waals surface area contributed by atoms with Crippen LogP contribution in [0.2, 0.25) is 0 Å². The molecule has 0 bridgehead atoms. The van der Waals surface area contributed by atoms with Crippen LogP contribution in [0.15, 0.2) is 49.1 Å². The van der Waals surface area contributed by atoms with Crippen molar-refractivity contribution in [3.8, 4) is 6.07 Å². The van der Waals surface area contributed by atoms with Crippen LogP contribution in [0, 0.1) is 11.3 Å². The maximum atomic E-state index is 13.3. The molecular weight excluding hydrogens is 418 g/mol. The maximum Gasteiger partial charge on any atom is 0.416 e. The van der Waals surface area contributed by atoms with E-state index in [1.807, 2.05) is 6.07 Å². The van der Waals surface area contributed by atoms with Gasteiger partial charge in [-0.25, -0.2) is 14.4 Å². The van der Waals surface area contributed by atoms with Gasteiger partial charge in [0, 0.05) is 13.1 Å². The Morgan fingerprint density at radius 2 is 1.90 bits per heavy atom. The summed E-state index contributed by atoms with van der Waals surface area (Å²) in [6.45, 7) is 3.10. The summed E-state index contributed by atoms with van der Waals surface area (Å²) < 4.78 is 57.2. The van der Waals surface area contributed by atoms with Crippen LogP contribution in [-0.2, 0) is 22.3 Å². The lowest BCUT2D eigenvalue weighted by Crippen LogP contribution is -2.35. The molecule has 2 heterocycles. The first-order chi connectivity index (χ1) is 14.7. The van der Waals surface area contributed by atoms with Crippen LogP contribution >= 0.6 is 0 Å². The lowest BCUT2D eigenvalue weighted by molar-refractivity contribution is -0.137. The molecule has 0 saturated carbocycles. The molecule has 3 rings (SSSR count). The van der Waals surface area contributed by atoms with Gasteiger partial charge in [0.15, 0.2) is 5.83 Å². The van der Waals surface area contributed by atoms with Gasteiger partial charge in [-0.2, -0.15) is 18.4 Å². The minimum atomic E-state index is -4.43. The quantitative estimate of drug-likeness (QED) is 0.554.